The van der Waals surface area contributed by atoms with Gasteiger partial charge in [0, 0.05) is 11.6 Å². The molecule has 5 heteroatoms. The van der Waals surface area contributed by atoms with Crippen LogP contribution in [0.5, 0.6) is 5.75 Å². The zero-order chi connectivity index (χ0) is 18.2. The number of nitrogens with one attached hydrogen (secondary N) is 2. The average Bonchev–Trinajstić information content (AvgIpc) is 2.62. The van der Waals surface area contributed by atoms with Crippen molar-refractivity contribution in [2.75, 3.05) is 11.9 Å². The first kappa shape index (κ1) is 18.5. The predicted octanol–water partition coefficient (Wildman–Crippen LogP) is 3.87. The van der Waals surface area contributed by atoms with Gasteiger partial charge in [0.05, 0.1) is 17.9 Å². The van der Waals surface area contributed by atoms with E-state index in [-0.39, 0.29) is 17.9 Å². The Kier molecular flexibility index (Phi) is 6.57. The monoisotopic (exact) mass is 340 g/mol. The van der Waals surface area contributed by atoms with Crippen LogP contribution >= 0.6 is 0 Å². The molecular formula is C20H24N2O3. The lowest BCUT2D eigenvalue weighted by molar-refractivity contribution is 0.0940. The largest absolute Gasteiger partial charge is 0.494 e. The predicted molar refractivity (Wildman–Crippen MR) is 99.2 cm³/mol. The number of benzene rings is 2. The van der Waals surface area contributed by atoms with E-state index in [1.807, 2.05) is 20.8 Å². The number of carbonyl (C=O) groups excluding carboxylic acids is 2. The molecule has 0 fully saturated rings. The van der Waals surface area contributed by atoms with Gasteiger partial charge in [-0.05, 0) is 56.7 Å². The average molecular weight is 340 g/mol. The van der Waals surface area contributed by atoms with E-state index >= 15 is 0 Å². The van der Waals surface area contributed by atoms with Gasteiger partial charge in [0.2, 0.25) is 0 Å². The summed E-state index contributed by atoms with van der Waals surface area (Å²) in [5.41, 5.74) is 1.44. The van der Waals surface area contributed by atoms with Crippen molar-refractivity contribution in [3.8, 4) is 5.75 Å². The molecule has 0 aliphatic carbocycles. The smallest absolute Gasteiger partial charge is 0.255 e. The molecule has 0 saturated heterocycles. The number of anilines is 1. The van der Waals surface area contributed by atoms with Crippen molar-refractivity contribution in [2.45, 2.75) is 33.2 Å². The number of para-hydroxylation sites is 1. The summed E-state index contributed by atoms with van der Waals surface area (Å²) < 4.78 is 5.37. The lowest BCUT2D eigenvalue weighted by atomic mass is 10.1. The lowest BCUT2D eigenvalue weighted by Crippen LogP contribution is -2.32. The molecule has 2 N–H and O–H groups in total. The molecule has 0 bridgehead atoms. The van der Waals surface area contributed by atoms with Crippen molar-refractivity contribution in [1.29, 1.82) is 0 Å². The number of hydrogen-bond donors (Lipinski definition) is 2. The normalized spacial score (nSPS) is 11.5. The fourth-order valence-electron chi connectivity index (χ4n) is 2.26. The van der Waals surface area contributed by atoms with Crippen molar-refractivity contribution >= 4 is 17.5 Å². The third-order valence-corrected chi connectivity index (χ3v) is 3.84. The van der Waals surface area contributed by atoms with Crippen molar-refractivity contribution in [3.05, 3.63) is 59.7 Å². The first-order valence-corrected chi connectivity index (χ1v) is 8.49. The Bertz CT molecular complexity index is 726. The molecule has 2 aromatic carbocycles. The SMILES string of the molecule is CCOc1ccc(C(=O)Nc2ccccc2C(=O)N[C@@H](C)CC)cc1. The zero-order valence-corrected chi connectivity index (χ0v) is 14.8. The van der Waals surface area contributed by atoms with Crippen molar-refractivity contribution in [1.82, 2.24) is 5.32 Å². The molecule has 0 saturated carbocycles. The highest BCUT2D eigenvalue weighted by Gasteiger charge is 2.15. The maximum atomic E-state index is 12.5. The standard InChI is InChI=1S/C20H24N2O3/c1-4-14(3)21-20(24)17-8-6-7-9-18(17)22-19(23)15-10-12-16(13-11-15)25-5-2/h6-14H,4-5H2,1-3H3,(H,21,24)(H,22,23)/t14-/m0/s1. The molecule has 0 heterocycles. The van der Waals surface area contributed by atoms with E-state index in [0.717, 1.165) is 6.42 Å². The zero-order valence-electron chi connectivity index (χ0n) is 14.8. The van der Waals surface area contributed by atoms with Gasteiger partial charge in [0.15, 0.2) is 0 Å². The van der Waals surface area contributed by atoms with Gasteiger partial charge >= 0.3 is 0 Å². The summed E-state index contributed by atoms with van der Waals surface area (Å²) in [7, 11) is 0. The highest BCUT2D eigenvalue weighted by Crippen LogP contribution is 2.18. The van der Waals surface area contributed by atoms with E-state index in [0.29, 0.717) is 29.2 Å². The van der Waals surface area contributed by atoms with Crippen LogP contribution in [0.4, 0.5) is 5.69 Å². The maximum absolute atomic E-state index is 12.5. The van der Waals surface area contributed by atoms with E-state index in [1.54, 1.807) is 48.5 Å². The molecule has 0 radical (unpaired) electrons. The van der Waals surface area contributed by atoms with Crippen molar-refractivity contribution in [2.24, 2.45) is 0 Å². The summed E-state index contributed by atoms with van der Waals surface area (Å²) in [5.74, 6) is 0.246. The molecule has 2 amide bonds. The second kappa shape index (κ2) is 8.87. The van der Waals surface area contributed by atoms with Gasteiger partial charge in [-0.2, -0.15) is 0 Å². The first-order chi connectivity index (χ1) is 12.0. The van der Waals surface area contributed by atoms with Crippen LogP contribution in [-0.2, 0) is 0 Å². The molecule has 1 atom stereocenters. The van der Waals surface area contributed by atoms with Crippen LogP contribution in [0.3, 0.4) is 0 Å². The van der Waals surface area contributed by atoms with Crippen LogP contribution in [0.15, 0.2) is 48.5 Å². The molecular weight excluding hydrogens is 316 g/mol. The number of rotatable bonds is 7. The highest BCUT2D eigenvalue weighted by molar-refractivity contribution is 6.09. The Balaban J connectivity index is 2.14. The summed E-state index contributed by atoms with van der Waals surface area (Å²) in [6.45, 7) is 6.43. The van der Waals surface area contributed by atoms with Gasteiger partial charge in [-0.25, -0.2) is 0 Å². The lowest BCUT2D eigenvalue weighted by Gasteiger charge is -2.14. The molecule has 0 aliphatic rings. The van der Waals surface area contributed by atoms with Crippen LogP contribution in [0.25, 0.3) is 0 Å². The molecule has 5 nitrogen and oxygen atoms in total. The van der Waals surface area contributed by atoms with Gasteiger partial charge in [-0.1, -0.05) is 19.1 Å². The van der Waals surface area contributed by atoms with E-state index in [2.05, 4.69) is 10.6 Å². The molecule has 2 aromatic rings. The van der Waals surface area contributed by atoms with Crippen LogP contribution < -0.4 is 15.4 Å². The third kappa shape index (κ3) is 5.08. The summed E-state index contributed by atoms with van der Waals surface area (Å²) in [6, 6.07) is 13.9. The fraction of sp³-hybridized carbons (Fsp3) is 0.300. The van der Waals surface area contributed by atoms with Crippen molar-refractivity contribution in [3.63, 3.8) is 0 Å². The topological polar surface area (TPSA) is 67.4 Å². The Morgan fingerprint density at radius 1 is 1.00 bits per heavy atom. The van der Waals surface area contributed by atoms with Crippen molar-refractivity contribution < 1.29 is 14.3 Å². The maximum Gasteiger partial charge on any atom is 0.255 e. The molecule has 0 unspecified atom stereocenters. The molecule has 25 heavy (non-hydrogen) atoms. The number of amides is 2. The number of carbonyl (C=O) groups is 2. The summed E-state index contributed by atoms with van der Waals surface area (Å²) in [6.07, 6.45) is 0.840. The molecule has 0 spiro atoms. The van der Waals surface area contributed by atoms with E-state index in [1.165, 1.54) is 0 Å². The minimum absolute atomic E-state index is 0.0716. The Labute approximate surface area is 148 Å². The van der Waals surface area contributed by atoms with E-state index < -0.39 is 0 Å². The van der Waals surface area contributed by atoms with Crippen LogP contribution in [0.2, 0.25) is 0 Å². The Morgan fingerprint density at radius 3 is 2.32 bits per heavy atom. The van der Waals surface area contributed by atoms with Gasteiger partial charge in [0.1, 0.15) is 5.75 Å². The number of hydrogen-bond acceptors (Lipinski definition) is 3. The van der Waals surface area contributed by atoms with Crippen LogP contribution in [0.1, 0.15) is 47.9 Å². The molecule has 2 rings (SSSR count). The second-order valence-electron chi connectivity index (χ2n) is 5.74. The summed E-state index contributed by atoms with van der Waals surface area (Å²) in [4.78, 5) is 24.8. The van der Waals surface area contributed by atoms with Crippen LogP contribution in [-0.4, -0.2) is 24.5 Å². The molecule has 132 valence electrons. The highest BCUT2D eigenvalue weighted by atomic mass is 16.5. The van der Waals surface area contributed by atoms with E-state index in [9.17, 15) is 9.59 Å². The fourth-order valence-corrected chi connectivity index (χ4v) is 2.26. The summed E-state index contributed by atoms with van der Waals surface area (Å²) >= 11 is 0. The van der Waals surface area contributed by atoms with Crippen LogP contribution in [0, 0.1) is 0 Å². The van der Waals surface area contributed by atoms with Gasteiger partial charge < -0.3 is 15.4 Å². The van der Waals surface area contributed by atoms with Gasteiger partial charge in [-0.15, -0.1) is 0 Å². The number of ether oxygens (including phenoxy) is 1. The Hall–Kier alpha value is -2.82. The van der Waals surface area contributed by atoms with Gasteiger partial charge in [0.25, 0.3) is 11.8 Å². The molecule has 0 aromatic heterocycles. The second-order valence-corrected chi connectivity index (χ2v) is 5.74. The van der Waals surface area contributed by atoms with Gasteiger partial charge in [-0.3, -0.25) is 9.59 Å². The quantitative estimate of drug-likeness (QED) is 0.804. The third-order valence-electron chi connectivity index (χ3n) is 3.84. The summed E-state index contributed by atoms with van der Waals surface area (Å²) in [5, 5.41) is 5.72. The van der Waals surface area contributed by atoms with E-state index in [4.69, 9.17) is 4.74 Å². The first-order valence-electron chi connectivity index (χ1n) is 8.49. The minimum Gasteiger partial charge on any atom is -0.494 e. The minimum atomic E-state index is -0.271. The molecule has 0 aliphatic heterocycles. The Morgan fingerprint density at radius 2 is 1.68 bits per heavy atom.